The van der Waals surface area contributed by atoms with Crippen molar-refractivity contribution in [1.29, 1.82) is 0 Å². The van der Waals surface area contributed by atoms with Gasteiger partial charge in [0.05, 0.1) is 33.0 Å². The van der Waals surface area contributed by atoms with Gasteiger partial charge in [0, 0.05) is 19.4 Å². The Bertz CT molecular complexity index is 651. The lowest BCUT2D eigenvalue weighted by Crippen LogP contribution is -2.55. The number of benzene rings is 1. The normalized spacial score (nSPS) is 28.3. The molecule has 2 aliphatic rings. The molecule has 26 heavy (non-hydrogen) atoms. The van der Waals surface area contributed by atoms with Gasteiger partial charge in [0.1, 0.15) is 0 Å². The van der Waals surface area contributed by atoms with E-state index in [1.54, 1.807) is 28.3 Å². The largest absolute Gasteiger partial charge is 0.493 e. The smallest absolute Gasteiger partial charge is 0.219 e. The van der Waals surface area contributed by atoms with Crippen LogP contribution in [0.5, 0.6) is 17.2 Å². The van der Waals surface area contributed by atoms with Gasteiger partial charge in [-0.3, -0.25) is 4.79 Å². The minimum absolute atomic E-state index is 0.0108. The molecular weight excluding hydrogens is 334 g/mol. The number of rotatable bonds is 4. The molecule has 1 N–H and O–H groups in total. The molecule has 1 aromatic carbocycles. The van der Waals surface area contributed by atoms with Crippen LogP contribution in [0.2, 0.25) is 0 Å². The van der Waals surface area contributed by atoms with E-state index in [2.05, 4.69) is 0 Å². The Kier molecular flexibility index (Phi) is 5.32. The number of likely N-dealkylation sites (tertiary alicyclic amines) is 1. The quantitative estimate of drug-likeness (QED) is 0.891. The zero-order chi connectivity index (χ0) is 18.9. The average Bonchev–Trinajstić information content (AvgIpc) is 2.65. The fourth-order valence-electron chi connectivity index (χ4n) is 4.72. The van der Waals surface area contributed by atoms with E-state index < -0.39 is 5.60 Å². The lowest BCUT2D eigenvalue weighted by Gasteiger charge is -2.52. The molecule has 1 amide bonds. The van der Waals surface area contributed by atoms with E-state index in [-0.39, 0.29) is 17.9 Å². The highest BCUT2D eigenvalue weighted by Gasteiger charge is 2.49. The molecule has 6 nitrogen and oxygen atoms in total. The fourth-order valence-corrected chi connectivity index (χ4v) is 4.72. The van der Waals surface area contributed by atoms with E-state index in [9.17, 15) is 9.90 Å². The molecule has 1 aliphatic heterocycles. The van der Waals surface area contributed by atoms with Gasteiger partial charge in [0.2, 0.25) is 11.7 Å². The van der Waals surface area contributed by atoms with E-state index in [1.165, 1.54) is 0 Å². The summed E-state index contributed by atoms with van der Waals surface area (Å²) in [7, 11) is 4.74. The van der Waals surface area contributed by atoms with Gasteiger partial charge in [0.25, 0.3) is 0 Å². The molecule has 3 rings (SSSR count). The highest BCUT2D eigenvalue weighted by atomic mass is 16.5. The van der Waals surface area contributed by atoms with Gasteiger partial charge in [0.15, 0.2) is 11.5 Å². The first-order chi connectivity index (χ1) is 12.4. The van der Waals surface area contributed by atoms with E-state index in [0.29, 0.717) is 30.2 Å². The van der Waals surface area contributed by atoms with Gasteiger partial charge in [-0.1, -0.05) is 12.8 Å². The average molecular weight is 363 g/mol. The van der Waals surface area contributed by atoms with Crippen LogP contribution in [-0.4, -0.2) is 49.4 Å². The molecule has 1 saturated heterocycles. The standard InChI is InChI=1S/C20H29NO5/c1-13(22)21-10-9-20(23)8-6-5-7-15(20)18(21)14-11-16(24-2)19(26-4)17(12-14)25-3/h11-12,15,18,23H,5-10H2,1-4H3/t15-,18-,20-/m1/s1. The Hall–Kier alpha value is -1.95. The number of carbonyl (C=O) groups excluding carboxylic acids is 1. The molecule has 1 aliphatic carbocycles. The van der Waals surface area contributed by atoms with Gasteiger partial charge in [-0.25, -0.2) is 0 Å². The number of piperidine rings is 1. The molecule has 144 valence electrons. The first kappa shape index (κ1) is 18.8. The number of fused-ring (bicyclic) bond motifs is 1. The maximum Gasteiger partial charge on any atom is 0.219 e. The first-order valence-electron chi connectivity index (χ1n) is 9.24. The highest BCUT2D eigenvalue weighted by Crippen LogP contribution is 2.51. The van der Waals surface area contributed by atoms with E-state index >= 15 is 0 Å². The summed E-state index contributed by atoms with van der Waals surface area (Å²) in [4.78, 5) is 14.2. The van der Waals surface area contributed by atoms with Crippen LogP contribution in [0.25, 0.3) is 0 Å². The number of ether oxygens (including phenoxy) is 3. The van der Waals surface area contributed by atoms with Crippen molar-refractivity contribution in [3.05, 3.63) is 17.7 Å². The maximum atomic E-state index is 12.4. The number of hydrogen-bond acceptors (Lipinski definition) is 5. The van der Waals surface area contributed by atoms with Crippen LogP contribution >= 0.6 is 0 Å². The third kappa shape index (κ3) is 3.11. The van der Waals surface area contributed by atoms with Crippen molar-refractivity contribution in [2.45, 2.75) is 50.7 Å². The molecule has 2 fully saturated rings. The van der Waals surface area contributed by atoms with Crippen molar-refractivity contribution in [3.8, 4) is 17.2 Å². The van der Waals surface area contributed by atoms with Gasteiger partial charge in [-0.2, -0.15) is 0 Å². The summed E-state index contributed by atoms with van der Waals surface area (Å²) in [6, 6.07) is 3.62. The van der Waals surface area contributed by atoms with Crippen molar-refractivity contribution >= 4 is 5.91 Å². The Labute approximate surface area is 155 Å². The van der Waals surface area contributed by atoms with Crippen molar-refractivity contribution < 1.29 is 24.1 Å². The molecule has 0 aromatic heterocycles. The van der Waals surface area contributed by atoms with Gasteiger partial charge >= 0.3 is 0 Å². The second-order valence-corrected chi connectivity index (χ2v) is 7.32. The Morgan fingerprint density at radius 1 is 1.12 bits per heavy atom. The SMILES string of the molecule is COc1cc([C@@H]2[C@H]3CCCC[C@@]3(O)CCN2C(C)=O)cc(OC)c1OC. The molecule has 0 unspecified atom stereocenters. The monoisotopic (exact) mass is 363 g/mol. The van der Waals surface area contributed by atoms with E-state index in [4.69, 9.17) is 14.2 Å². The molecule has 0 bridgehead atoms. The maximum absolute atomic E-state index is 12.4. The zero-order valence-corrected chi connectivity index (χ0v) is 16.1. The molecule has 0 radical (unpaired) electrons. The van der Waals surface area contributed by atoms with Crippen molar-refractivity contribution in [2.75, 3.05) is 27.9 Å². The van der Waals surface area contributed by atoms with Crippen LogP contribution in [0.15, 0.2) is 12.1 Å². The summed E-state index contributed by atoms with van der Waals surface area (Å²) in [5.41, 5.74) is 0.203. The number of aliphatic hydroxyl groups is 1. The van der Waals surface area contributed by atoms with Crippen LogP contribution in [0.4, 0.5) is 0 Å². The van der Waals surface area contributed by atoms with Crippen LogP contribution in [0, 0.1) is 5.92 Å². The molecule has 1 heterocycles. The molecule has 6 heteroatoms. The lowest BCUT2D eigenvalue weighted by molar-refractivity contribution is -0.153. The predicted molar refractivity (Wildman–Crippen MR) is 97.8 cm³/mol. The number of hydrogen-bond donors (Lipinski definition) is 1. The van der Waals surface area contributed by atoms with E-state index in [0.717, 1.165) is 31.2 Å². The third-order valence-corrected chi connectivity index (χ3v) is 6.00. The van der Waals surface area contributed by atoms with Gasteiger partial charge in [-0.15, -0.1) is 0 Å². The number of carbonyl (C=O) groups is 1. The number of amides is 1. The first-order valence-corrected chi connectivity index (χ1v) is 9.24. The molecule has 1 saturated carbocycles. The minimum atomic E-state index is -0.713. The lowest BCUT2D eigenvalue weighted by atomic mass is 9.66. The Morgan fingerprint density at radius 2 is 1.77 bits per heavy atom. The van der Waals surface area contributed by atoms with Crippen LogP contribution in [-0.2, 0) is 4.79 Å². The number of methoxy groups -OCH3 is 3. The van der Waals surface area contributed by atoms with Crippen molar-refractivity contribution in [1.82, 2.24) is 4.90 Å². The van der Waals surface area contributed by atoms with Crippen molar-refractivity contribution in [2.24, 2.45) is 5.92 Å². The van der Waals surface area contributed by atoms with Crippen molar-refractivity contribution in [3.63, 3.8) is 0 Å². The van der Waals surface area contributed by atoms with Crippen LogP contribution in [0.3, 0.4) is 0 Å². The second-order valence-electron chi connectivity index (χ2n) is 7.32. The highest BCUT2D eigenvalue weighted by molar-refractivity contribution is 5.74. The van der Waals surface area contributed by atoms with Crippen LogP contribution in [0.1, 0.15) is 50.6 Å². The van der Waals surface area contributed by atoms with Gasteiger partial charge in [-0.05, 0) is 37.0 Å². The topological polar surface area (TPSA) is 68.2 Å². The predicted octanol–water partition coefficient (Wildman–Crippen LogP) is 2.93. The Morgan fingerprint density at radius 3 is 2.31 bits per heavy atom. The molecule has 1 aromatic rings. The summed E-state index contributed by atoms with van der Waals surface area (Å²) < 4.78 is 16.4. The minimum Gasteiger partial charge on any atom is -0.493 e. The number of nitrogens with zero attached hydrogens (tertiary/aromatic N) is 1. The Balaban J connectivity index is 2.11. The fraction of sp³-hybridized carbons (Fsp3) is 0.650. The molecule has 3 atom stereocenters. The molecular formula is C20H29NO5. The second kappa shape index (κ2) is 7.35. The zero-order valence-electron chi connectivity index (χ0n) is 16.1. The summed E-state index contributed by atoms with van der Waals surface area (Å²) in [6.45, 7) is 2.15. The van der Waals surface area contributed by atoms with Crippen LogP contribution < -0.4 is 14.2 Å². The van der Waals surface area contributed by atoms with Gasteiger partial charge < -0.3 is 24.2 Å². The van der Waals surface area contributed by atoms with E-state index in [1.807, 2.05) is 17.0 Å². The third-order valence-electron chi connectivity index (χ3n) is 6.00. The summed E-state index contributed by atoms with van der Waals surface area (Å²) >= 11 is 0. The summed E-state index contributed by atoms with van der Waals surface area (Å²) in [5.74, 6) is 1.70. The molecule has 0 spiro atoms. The summed E-state index contributed by atoms with van der Waals surface area (Å²) in [6.07, 6.45) is 4.44. The summed E-state index contributed by atoms with van der Waals surface area (Å²) in [5, 5.41) is 11.3.